The number of rotatable bonds is 12. The summed E-state index contributed by atoms with van der Waals surface area (Å²) in [5.74, 6) is -0.579. The maximum Gasteiger partial charge on any atom is 0.243 e. The number of carbonyl (C=O) groups excluding carboxylic acids is 2. The number of carbonyl (C=O) groups is 2. The molecule has 0 aliphatic carbocycles. The first-order valence-corrected chi connectivity index (χ1v) is 14.1. The zero-order chi connectivity index (χ0) is 26.8. The lowest BCUT2D eigenvalue weighted by Gasteiger charge is -2.32. The minimum absolute atomic E-state index is 0.0411. The van der Waals surface area contributed by atoms with E-state index in [9.17, 15) is 14.0 Å². The van der Waals surface area contributed by atoms with Crippen molar-refractivity contribution in [1.82, 2.24) is 10.2 Å². The summed E-state index contributed by atoms with van der Waals surface area (Å²) in [6.45, 7) is 4.10. The molecular weight excluding hydrogens is 530 g/mol. The van der Waals surface area contributed by atoms with Crippen molar-refractivity contribution in [2.75, 3.05) is 5.75 Å². The van der Waals surface area contributed by atoms with Gasteiger partial charge in [0.05, 0.1) is 5.75 Å². The highest BCUT2D eigenvalue weighted by Gasteiger charge is 2.31. The molecule has 0 aromatic heterocycles. The number of hydrogen-bond acceptors (Lipinski definition) is 3. The molecule has 0 heterocycles. The number of halogens is 3. The number of hydrogen-bond donors (Lipinski definition) is 1. The maximum absolute atomic E-state index is 14.2. The third kappa shape index (κ3) is 8.49. The number of amides is 2. The lowest BCUT2D eigenvalue weighted by Crippen LogP contribution is -2.52. The summed E-state index contributed by atoms with van der Waals surface area (Å²) >= 11 is 13.9. The van der Waals surface area contributed by atoms with Crippen molar-refractivity contribution in [2.24, 2.45) is 0 Å². The molecule has 0 aliphatic rings. The number of thioether (sulfide) groups is 1. The second-order valence-corrected chi connectivity index (χ2v) is 10.6. The molecule has 196 valence electrons. The summed E-state index contributed by atoms with van der Waals surface area (Å²) in [6.07, 6.45) is 1.12. The van der Waals surface area contributed by atoms with E-state index < -0.39 is 11.9 Å². The molecule has 0 spiro atoms. The molecule has 2 amide bonds. The average molecular weight is 562 g/mol. The Hall–Kier alpha value is -2.54. The van der Waals surface area contributed by atoms with Crippen LogP contribution in [-0.4, -0.2) is 34.6 Å². The van der Waals surface area contributed by atoms with Crippen LogP contribution in [0.4, 0.5) is 4.39 Å². The van der Waals surface area contributed by atoms with Gasteiger partial charge in [0.25, 0.3) is 0 Å². The van der Waals surface area contributed by atoms with Crippen molar-refractivity contribution in [3.05, 3.63) is 105 Å². The fourth-order valence-electron chi connectivity index (χ4n) is 3.80. The smallest absolute Gasteiger partial charge is 0.243 e. The zero-order valence-electron chi connectivity index (χ0n) is 20.9. The third-order valence-electron chi connectivity index (χ3n) is 6.10. The second kappa shape index (κ2) is 14.4. The van der Waals surface area contributed by atoms with Gasteiger partial charge >= 0.3 is 0 Å². The lowest BCUT2D eigenvalue weighted by molar-refractivity contribution is -0.139. The van der Waals surface area contributed by atoms with E-state index in [1.54, 1.807) is 23.1 Å². The monoisotopic (exact) mass is 560 g/mol. The minimum atomic E-state index is -0.752. The summed E-state index contributed by atoms with van der Waals surface area (Å²) < 4.78 is 14.2. The number of nitrogens with one attached hydrogen (secondary N) is 1. The van der Waals surface area contributed by atoms with Crippen LogP contribution in [0.25, 0.3) is 0 Å². The number of benzene rings is 3. The molecule has 8 heteroatoms. The van der Waals surface area contributed by atoms with E-state index in [2.05, 4.69) is 5.32 Å². The van der Waals surface area contributed by atoms with Crippen LogP contribution in [0.5, 0.6) is 0 Å². The molecule has 3 aromatic rings. The predicted molar refractivity (Wildman–Crippen MR) is 151 cm³/mol. The molecule has 3 rings (SSSR count). The van der Waals surface area contributed by atoms with Crippen LogP contribution in [-0.2, 0) is 28.3 Å². The van der Waals surface area contributed by atoms with E-state index in [0.717, 1.165) is 17.5 Å². The van der Waals surface area contributed by atoms with E-state index >= 15 is 0 Å². The van der Waals surface area contributed by atoms with Gasteiger partial charge in [-0.1, -0.05) is 84.7 Å². The molecule has 0 unspecified atom stereocenters. The van der Waals surface area contributed by atoms with Crippen LogP contribution in [0.3, 0.4) is 0 Å². The molecule has 4 nitrogen and oxygen atoms in total. The molecule has 0 saturated heterocycles. The maximum atomic E-state index is 14.2. The largest absolute Gasteiger partial charge is 0.352 e. The van der Waals surface area contributed by atoms with Crippen molar-refractivity contribution in [3.8, 4) is 0 Å². The Morgan fingerprint density at radius 2 is 1.65 bits per heavy atom. The summed E-state index contributed by atoms with van der Waals surface area (Å²) in [7, 11) is 0. The Kier molecular flexibility index (Phi) is 11.3. The first-order chi connectivity index (χ1) is 17.8. The van der Waals surface area contributed by atoms with Gasteiger partial charge in [-0.25, -0.2) is 4.39 Å². The topological polar surface area (TPSA) is 49.4 Å². The minimum Gasteiger partial charge on any atom is -0.352 e. The fraction of sp³-hybridized carbons (Fsp3) is 0.310. The standard InChI is InChI=1S/C29H31Cl2FN2O2S/c1-3-20(2)33-29(36)27(16-21-10-5-4-6-11-21)34(17-22-12-7-8-13-24(22)30)28(35)19-37-18-23-25(31)14-9-15-26(23)32/h4-15,20,27H,3,16-19H2,1-2H3,(H,33,36)/t20-,27-/m0/s1. The molecule has 2 atom stereocenters. The molecule has 0 bridgehead atoms. The molecule has 0 fully saturated rings. The Morgan fingerprint density at radius 3 is 2.32 bits per heavy atom. The summed E-state index contributed by atoms with van der Waals surface area (Å²) in [6, 6.07) is 20.6. The highest BCUT2D eigenvalue weighted by molar-refractivity contribution is 7.99. The van der Waals surface area contributed by atoms with E-state index in [0.29, 0.717) is 22.0 Å². The van der Waals surface area contributed by atoms with E-state index in [-0.39, 0.29) is 35.9 Å². The molecular formula is C29H31Cl2FN2O2S. The van der Waals surface area contributed by atoms with Crippen LogP contribution in [0, 0.1) is 5.82 Å². The predicted octanol–water partition coefficient (Wildman–Crippen LogP) is 6.92. The lowest BCUT2D eigenvalue weighted by atomic mass is 10.0. The van der Waals surface area contributed by atoms with Crippen molar-refractivity contribution < 1.29 is 14.0 Å². The Bertz CT molecular complexity index is 1180. The van der Waals surface area contributed by atoms with Crippen molar-refractivity contribution in [2.45, 2.75) is 51.1 Å². The van der Waals surface area contributed by atoms with Gasteiger partial charge in [0, 0.05) is 40.4 Å². The van der Waals surface area contributed by atoms with Gasteiger partial charge in [0.2, 0.25) is 11.8 Å². The molecule has 0 saturated carbocycles. The van der Waals surface area contributed by atoms with Crippen molar-refractivity contribution in [1.29, 1.82) is 0 Å². The SMILES string of the molecule is CC[C@H](C)NC(=O)[C@H](Cc1ccccc1)N(Cc1ccccc1Cl)C(=O)CSCc1c(F)cccc1Cl. The fourth-order valence-corrected chi connectivity index (χ4v) is 5.24. The molecule has 3 aromatic carbocycles. The first kappa shape index (κ1) is 29.0. The van der Waals surface area contributed by atoms with Crippen molar-refractivity contribution >= 4 is 46.8 Å². The summed E-state index contributed by atoms with van der Waals surface area (Å²) in [5.41, 5.74) is 2.04. The van der Waals surface area contributed by atoms with Crippen LogP contribution >= 0.6 is 35.0 Å². The van der Waals surface area contributed by atoms with Crippen LogP contribution in [0.1, 0.15) is 37.0 Å². The molecule has 1 N–H and O–H groups in total. The highest BCUT2D eigenvalue weighted by atomic mass is 35.5. The van der Waals surface area contributed by atoms with Gasteiger partial charge in [-0.3, -0.25) is 9.59 Å². The van der Waals surface area contributed by atoms with E-state index in [1.165, 1.54) is 17.8 Å². The van der Waals surface area contributed by atoms with Gasteiger partial charge < -0.3 is 10.2 Å². The second-order valence-electron chi connectivity index (χ2n) is 8.83. The average Bonchev–Trinajstić information content (AvgIpc) is 2.89. The molecule has 0 aliphatic heterocycles. The molecule has 37 heavy (non-hydrogen) atoms. The summed E-state index contributed by atoms with van der Waals surface area (Å²) in [5, 5.41) is 3.89. The Balaban J connectivity index is 1.89. The quantitative estimate of drug-likeness (QED) is 0.261. The van der Waals surface area contributed by atoms with Gasteiger partial charge in [0.1, 0.15) is 11.9 Å². The zero-order valence-corrected chi connectivity index (χ0v) is 23.3. The summed E-state index contributed by atoms with van der Waals surface area (Å²) in [4.78, 5) is 28.8. The van der Waals surface area contributed by atoms with Gasteiger partial charge in [-0.05, 0) is 42.7 Å². The Labute approximate surface area is 232 Å². The Morgan fingerprint density at radius 1 is 0.973 bits per heavy atom. The van der Waals surface area contributed by atoms with Crippen molar-refractivity contribution in [3.63, 3.8) is 0 Å². The van der Waals surface area contributed by atoms with Crippen LogP contribution in [0.15, 0.2) is 72.8 Å². The molecule has 0 radical (unpaired) electrons. The first-order valence-electron chi connectivity index (χ1n) is 12.2. The normalized spacial score (nSPS) is 12.6. The number of nitrogens with zero attached hydrogens (tertiary/aromatic N) is 1. The van der Waals surface area contributed by atoms with E-state index in [4.69, 9.17) is 23.2 Å². The van der Waals surface area contributed by atoms with Gasteiger partial charge in [0.15, 0.2) is 0 Å². The highest BCUT2D eigenvalue weighted by Crippen LogP contribution is 2.26. The van der Waals surface area contributed by atoms with Gasteiger partial charge in [-0.15, -0.1) is 11.8 Å². The van der Waals surface area contributed by atoms with Crippen LogP contribution in [0.2, 0.25) is 10.0 Å². The third-order valence-corrected chi connectivity index (χ3v) is 7.77. The van der Waals surface area contributed by atoms with E-state index in [1.807, 2.05) is 62.4 Å². The van der Waals surface area contributed by atoms with Gasteiger partial charge in [-0.2, -0.15) is 0 Å². The van der Waals surface area contributed by atoms with Crippen LogP contribution < -0.4 is 5.32 Å².